The van der Waals surface area contributed by atoms with Gasteiger partial charge in [-0.3, -0.25) is 9.59 Å². The number of hydrogen-bond donors (Lipinski definition) is 0. The van der Waals surface area contributed by atoms with Crippen LogP contribution in [0.25, 0.3) is 0 Å². The Morgan fingerprint density at radius 3 is 2.12 bits per heavy atom. The second kappa shape index (κ2) is 7.83. The van der Waals surface area contributed by atoms with Gasteiger partial charge in [-0.25, -0.2) is 0 Å². The second-order valence-corrected chi connectivity index (χ2v) is 6.14. The SMILES string of the molecule is Cc1ccc(OCC(=O)N2CCN(C(=O)c3ccccc3)CC2)cc1. The molecule has 5 nitrogen and oxygen atoms in total. The first-order valence-electron chi connectivity index (χ1n) is 8.45. The molecule has 0 radical (unpaired) electrons. The lowest BCUT2D eigenvalue weighted by Crippen LogP contribution is -2.51. The highest BCUT2D eigenvalue weighted by molar-refractivity contribution is 5.94. The van der Waals surface area contributed by atoms with E-state index in [1.54, 1.807) is 9.80 Å². The van der Waals surface area contributed by atoms with Gasteiger partial charge in [0.05, 0.1) is 0 Å². The van der Waals surface area contributed by atoms with E-state index < -0.39 is 0 Å². The lowest BCUT2D eigenvalue weighted by Gasteiger charge is -2.34. The van der Waals surface area contributed by atoms with Gasteiger partial charge in [-0.15, -0.1) is 0 Å². The molecule has 0 unspecified atom stereocenters. The first-order chi connectivity index (χ1) is 12.1. The number of rotatable bonds is 4. The van der Waals surface area contributed by atoms with Crippen molar-refractivity contribution in [2.24, 2.45) is 0 Å². The summed E-state index contributed by atoms with van der Waals surface area (Å²) in [5.74, 6) is 0.660. The number of piperazine rings is 1. The molecule has 2 amide bonds. The lowest BCUT2D eigenvalue weighted by atomic mass is 10.2. The van der Waals surface area contributed by atoms with E-state index in [0.717, 1.165) is 5.56 Å². The Balaban J connectivity index is 1.47. The summed E-state index contributed by atoms with van der Waals surface area (Å²) in [4.78, 5) is 28.2. The van der Waals surface area contributed by atoms with Crippen molar-refractivity contribution >= 4 is 11.8 Å². The maximum Gasteiger partial charge on any atom is 0.260 e. The first kappa shape index (κ1) is 17.0. The molecule has 1 aliphatic rings. The van der Waals surface area contributed by atoms with Gasteiger partial charge in [0.15, 0.2) is 6.61 Å². The number of hydrogen-bond acceptors (Lipinski definition) is 3. The second-order valence-electron chi connectivity index (χ2n) is 6.14. The Morgan fingerprint density at radius 1 is 0.880 bits per heavy atom. The van der Waals surface area contributed by atoms with Crippen LogP contribution in [0, 0.1) is 6.92 Å². The molecule has 0 atom stereocenters. The van der Waals surface area contributed by atoms with Gasteiger partial charge in [0, 0.05) is 31.7 Å². The van der Waals surface area contributed by atoms with Gasteiger partial charge in [-0.05, 0) is 31.2 Å². The molecule has 0 bridgehead atoms. The van der Waals surface area contributed by atoms with E-state index in [1.807, 2.05) is 61.5 Å². The number of benzene rings is 2. The van der Waals surface area contributed by atoms with Gasteiger partial charge in [0.1, 0.15) is 5.75 Å². The lowest BCUT2D eigenvalue weighted by molar-refractivity contribution is -0.134. The molecule has 5 heteroatoms. The van der Waals surface area contributed by atoms with Gasteiger partial charge in [0.25, 0.3) is 11.8 Å². The Morgan fingerprint density at radius 2 is 1.48 bits per heavy atom. The quantitative estimate of drug-likeness (QED) is 0.860. The molecule has 0 aliphatic carbocycles. The number of aryl methyl sites for hydroxylation is 1. The predicted molar refractivity (Wildman–Crippen MR) is 95.6 cm³/mol. The zero-order valence-corrected chi connectivity index (χ0v) is 14.4. The summed E-state index contributed by atoms with van der Waals surface area (Å²) in [6.45, 7) is 4.19. The molecular formula is C20H22N2O3. The van der Waals surface area contributed by atoms with Gasteiger partial charge in [-0.2, -0.15) is 0 Å². The van der Waals surface area contributed by atoms with Crippen LogP contribution in [0.2, 0.25) is 0 Å². The van der Waals surface area contributed by atoms with Gasteiger partial charge in [0.2, 0.25) is 0 Å². The summed E-state index contributed by atoms with van der Waals surface area (Å²) in [7, 11) is 0. The van der Waals surface area contributed by atoms with Crippen LogP contribution >= 0.6 is 0 Å². The number of ether oxygens (including phenoxy) is 1. The minimum atomic E-state index is -0.0487. The molecular weight excluding hydrogens is 316 g/mol. The normalized spacial score (nSPS) is 14.3. The van der Waals surface area contributed by atoms with Crippen molar-refractivity contribution < 1.29 is 14.3 Å². The van der Waals surface area contributed by atoms with Gasteiger partial charge >= 0.3 is 0 Å². The average Bonchev–Trinajstić information content (AvgIpc) is 2.67. The third-order valence-corrected chi connectivity index (χ3v) is 4.32. The Labute approximate surface area is 147 Å². The molecule has 0 N–H and O–H groups in total. The molecule has 1 aliphatic heterocycles. The van der Waals surface area contributed by atoms with Crippen molar-refractivity contribution in [1.82, 2.24) is 9.80 Å². The Bertz CT molecular complexity index is 720. The maximum absolute atomic E-state index is 12.4. The molecule has 1 heterocycles. The van der Waals surface area contributed by atoms with Gasteiger partial charge in [-0.1, -0.05) is 35.9 Å². The van der Waals surface area contributed by atoms with Crippen molar-refractivity contribution in [2.75, 3.05) is 32.8 Å². The zero-order chi connectivity index (χ0) is 17.6. The smallest absolute Gasteiger partial charge is 0.260 e. The summed E-state index contributed by atoms with van der Waals surface area (Å²) in [6.07, 6.45) is 0. The standard InChI is InChI=1S/C20H22N2O3/c1-16-7-9-18(10-8-16)25-15-19(23)21-11-13-22(14-12-21)20(24)17-5-3-2-4-6-17/h2-10H,11-15H2,1H3. The van der Waals surface area contributed by atoms with Crippen molar-refractivity contribution in [1.29, 1.82) is 0 Å². The van der Waals surface area contributed by atoms with Crippen molar-refractivity contribution in [3.63, 3.8) is 0 Å². The molecule has 2 aromatic rings. The van der Waals surface area contributed by atoms with Gasteiger partial charge < -0.3 is 14.5 Å². The topological polar surface area (TPSA) is 49.9 Å². The fraction of sp³-hybridized carbons (Fsp3) is 0.300. The van der Waals surface area contributed by atoms with Crippen LogP contribution in [0.1, 0.15) is 15.9 Å². The third-order valence-electron chi connectivity index (χ3n) is 4.32. The minimum Gasteiger partial charge on any atom is -0.484 e. The van der Waals surface area contributed by atoms with Crippen LogP contribution in [0.5, 0.6) is 5.75 Å². The summed E-state index contributed by atoms with van der Waals surface area (Å²) in [5.41, 5.74) is 1.84. The summed E-state index contributed by atoms with van der Waals surface area (Å²) < 4.78 is 5.55. The number of carbonyl (C=O) groups excluding carboxylic acids is 2. The van der Waals surface area contributed by atoms with Crippen molar-refractivity contribution in [3.8, 4) is 5.75 Å². The van der Waals surface area contributed by atoms with E-state index in [4.69, 9.17) is 4.74 Å². The Hall–Kier alpha value is -2.82. The van der Waals surface area contributed by atoms with Crippen LogP contribution < -0.4 is 4.74 Å². The van der Waals surface area contributed by atoms with Crippen LogP contribution in [-0.2, 0) is 4.79 Å². The van der Waals surface area contributed by atoms with Crippen LogP contribution in [0.3, 0.4) is 0 Å². The van der Waals surface area contributed by atoms with Crippen LogP contribution in [0.4, 0.5) is 0 Å². The molecule has 3 rings (SSSR count). The number of nitrogens with zero attached hydrogens (tertiary/aromatic N) is 2. The molecule has 1 fully saturated rings. The zero-order valence-electron chi connectivity index (χ0n) is 14.4. The number of amides is 2. The van der Waals surface area contributed by atoms with Crippen LogP contribution in [0.15, 0.2) is 54.6 Å². The van der Waals surface area contributed by atoms with Crippen molar-refractivity contribution in [3.05, 3.63) is 65.7 Å². The van der Waals surface area contributed by atoms with E-state index in [2.05, 4.69) is 0 Å². The third kappa shape index (κ3) is 4.38. The first-order valence-corrected chi connectivity index (χ1v) is 8.45. The number of carbonyl (C=O) groups is 2. The minimum absolute atomic E-state index is 0.0172. The molecule has 130 valence electrons. The molecule has 0 aromatic heterocycles. The fourth-order valence-electron chi connectivity index (χ4n) is 2.79. The summed E-state index contributed by atoms with van der Waals surface area (Å²) in [5, 5.41) is 0. The van der Waals surface area contributed by atoms with E-state index in [1.165, 1.54) is 0 Å². The Kier molecular flexibility index (Phi) is 5.33. The highest BCUT2D eigenvalue weighted by atomic mass is 16.5. The monoisotopic (exact) mass is 338 g/mol. The molecule has 0 saturated carbocycles. The molecule has 1 saturated heterocycles. The highest BCUT2D eigenvalue weighted by Crippen LogP contribution is 2.12. The van der Waals surface area contributed by atoms with E-state index >= 15 is 0 Å². The molecule has 0 spiro atoms. The van der Waals surface area contributed by atoms with E-state index in [9.17, 15) is 9.59 Å². The summed E-state index contributed by atoms with van der Waals surface area (Å²) >= 11 is 0. The van der Waals surface area contributed by atoms with E-state index in [-0.39, 0.29) is 18.4 Å². The van der Waals surface area contributed by atoms with E-state index in [0.29, 0.717) is 37.5 Å². The average molecular weight is 338 g/mol. The maximum atomic E-state index is 12.4. The van der Waals surface area contributed by atoms with Crippen molar-refractivity contribution in [2.45, 2.75) is 6.92 Å². The largest absolute Gasteiger partial charge is 0.484 e. The predicted octanol–water partition coefficient (Wildman–Crippen LogP) is 2.36. The fourth-order valence-corrected chi connectivity index (χ4v) is 2.79. The summed E-state index contributed by atoms with van der Waals surface area (Å²) in [6, 6.07) is 16.9. The molecule has 2 aromatic carbocycles. The molecule has 25 heavy (non-hydrogen) atoms. The highest BCUT2D eigenvalue weighted by Gasteiger charge is 2.24. The van der Waals surface area contributed by atoms with Crippen LogP contribution in [-0.4, -0.2) is 54.4 Å².